The van der Waals surface area contributed by atoms with Gasteiger partial charge in [-0.25, -0.2) is 0 Å². The topological polar surface area (TPSA) is 219 Å². The van der Waals surface area contributed by atoms with Crippen LogP contribution in [0.5, 0.6) is 0 Å². The largest absolute Gasteiger partial charge is 0.481 e. The predicted molar refractivity (Wildman–Crippen MR) is 222 cm³/mol. The van der Waals surface area contributed by atoms with E-state index in [1.54, 1.807) is 0 Å². The molecule has 5 aliphatic carbocycles. The number of carbonyl (C=O) groups is 1. The molecule has 4 saturated carbocycles. The Morgan fingerprint density at radius 2 is 1.60 bits per heavy atom. The smallest absolute Gasteiger partial charge is 0.312 e. The van der Waals surface area contributed by atoms with Crippen molar-refractivity contribution in [2.75, 3.05) is 33.5 Å². The summed E-state index contributed by atoms with van der Waals surface area (Å²) in [4.78, 5) is 13.4. The molecule has 7 rings (SSSR count). The maximum Gasteiger partial charge on any atom is 0.312 e. The molecule has 1 saturated heterocycles. The van der Waals surface area contributed by atoms with Crippen LogP contribution in [-0.4, -0.2) is 123 Å². The van der Waals surface area contributed by atoms with Gasteiger partial charge >= 0.3 is 5.97 Å². The number of ether oxygens (including phenoxy) is 3. The summed E-state index contributed by atoms with van der Waals surface area (Å²) in [5, 5.41) is 90.6. The van der Waals surface area contributed by atoms with Gasteiger partial charge in [-0.05, 0) is 121 Å². The number of hydrogen-bond acceptors (Lipinski definition) is 12. The van der Waals surface area contributed by atoms with E-state index >= 15 is 0 Å². The molecule has 1 heterocycles. The molecule has 0 amide bonds. The van der Waals surface area contributed by atoms with Crippen LogP contribution < -0.4 is 5.32 Å². The summed E-state index contributed by atoms with van der Waals surface area (Å²) < 4.78 is 19.5. The minimum Gasteiger partial charge on any atom is -0.481 e. The lowest BCUT2D eigenvalue weighted by molar-refractivity contribution is -0.334. The van der Waals surface area contributed by atoms with Crippen molar-refractivity contribution >= 4 is 5.97 Å². The first kappa shape index (κ1) is 46.0. The van der Waals surface area contributed by atoms with Gasteiger partial charge in [-0.3, -0.25) is 4.79 Å². The molecule has 338 valence electrons. The van der Waals surface area contributed by atoms with E-state index in [1.807, 2.05) is 33.0 Å². The lowest BCUT2D eigenvalue weighted by Gasteiger charge is -2.73. The van der Waals surface area contributed by atoms with E-state index in [4.69, 9.17) is 14.2 Å². The second-order valence-electron chi connectivity index (χ2n) is 21.1. The van der Waals surface area contributed by atoms with Gasteiger partial charge in [0.2, 0.25) is 0 Å². The van der Waals surface area contributed by atoms with Gasteiger partial charge in [0, 0.05) is 25.2 Å². The molecule has 60 heavy (non-hydrogen) atoms. The van der Waals surface area contributed by atoms with Gasteiger partial charge in [0.15, 0.2) is 6.29 Å². The number of hydrogen-bond donors (Lipinski definition) is 9. The Kier molecular flexibility index (Phi) is 12.9. The molecule has 17 unspecified atom stereocenters. The molecule has 13 nitrogen and oxygen atoms in total. The van der Waals surface area contributed by atoms with Crippen LogP contribution in [0.3, 0.4) is 0 Å². The molecule has 0 spiro atoms. The number of fused-ring (bicyclic) bond motifs is 7. The maximum atomic E-state index is 13.4. The first-order valence-corrected chi connectivity index (χ1v) is 22.4. The zero-order chi connectivity index (χ0) is 43.6. The van der Waals surface area contributed by atoms with Crippen LogP contribution in [0.15, 0.2) is 35.9 Å². The number of carboxylic acids is 1. The third-order valence-electron chi connectivity index (χ3n) is 17.7. The first-order chi connectivity index (χ1) is 28.3. The molecular weight excluding hydrogens is 771 g/mol. The Labute approximate surface area is 355 Å². The summed E-state index contributed by atoms with van der Waals surface area (Å²) >= 11 is 0. The Morgan fingerprint density at radius 3 is 2.23 bits per heavy atom. The van der Waals surface area contributed by atoms with Crippen LogP contribution in [0.25, 0.3) is 0 Å². The molecule has 9 N–H and O–H groups in total. The minimum atomic E-state index is -1.53. The van der Waals surface area contributed by atoms with Crippen molar-refractivity contribution in [1.29, 1.82) is 0 Å². The van der Waals surface area contributed by atoms with Gasteiger partial charge in [0.05, 0.1) is 38.1 Å². The van der Waals surface area contributed by atoms with Crippen LogP contribution in [0.1, 0.15) is 104 Å². The molecule has 1 aromatic carbocycles. The highest BCUT2D eigenvalue weighted by Gasteiger charge is 2.73. The Morgan fingerprint density at radius 1 is 0.900 bits per heavy atom. The third kappa shape index (κ3) is 7.14. The van der Waals surface area contributed by atoms with Crippen molar-refractivity contribution in [3.63, 3.8) is 0 Å². The summed E-state index contributed by atoms with van der Waals surface area (Å²) in [6.45, 7) is 11.3. The number of allylic oxidation sites excluding steroid dienone is 2. The van der Waals surface area contributed by atoms with Crippen molar-refractivity contribution in [3.05, 3.63) is 47.0 Å². The molecule has 13 heteroatoms. The second kappa shape index (κ2) is 16.8. The number of rotatable bonds is 13. The van der Waals surface area contributed by atoms with E-state index in [2.05, 4.69) is 44.3 Å². The molecule has 6 aliphatic rings. The summed E-state index contributed by atoms with van der Waals surface area (Å²) in [7, 11) is 1.90. The summed E-state index contributed by atoms with van der Waals surface area (Å²) in [5.41, 5.74) is -1.08. The highest BCUT2D eigenvalue weighted by molar-refractivity contribution is 5.77. The van der Waals surface area contributed by atoms with Crippen molar-refractivity contribution in [2.24, 2.45) is 56.2 Å². The fraction of sp³-hybridized carbons (Fsp3) is 0.809. The first-order valence-electron chi connectivity index (χ1n) is 22.4. The number of aliphatic hydroxyl groups excluding tert-OH is 7. The van der Waals surface area contributed by atoms with Gasteiger partial charge in [0.25, 0.3) is 0 Å². The van der Waals surface area contributed by atoms with E-state index in [1.165, 1.54) is 0 Å². The third-order valence-corrected chi connectivity index (χ3v) is 17.7. The molecule has 5 fully saturated rings. The molecule has 17 atom stereocenters. The monoisotopic (exact) mass is 844 g/mol. The Bertz CT molecular complexity index is 1730. The van der Waals surface area contributed by atoms with Crippen molar-refractivity contribution in [1.82, 2.24) is 5.32 Å². The van der Waals surface area contributed by atoms with E-state index in [0.29, 0.717) is 38.5 Å². The van der Waals surface area contributed by atoms with Crippen molar-refractivity contribution in [2.45, 2.75) is 148 Å². The molecule has 0 bridgehead atoms. The average Bonchev–Trinajstić information content (AvgIpc) is 3.21. The highest BCUT2D eigenvalue weighted by Crippen LogP contribution is 2.77. The zero-order valence-corrected chi connectivity index (χ0v) is 36.6. The van der Waals surface area contributed by atoms with Gasteiger partial charge in [0.1, 0.15) is 23.7 Å². The number of aliphatic carboxylic acids is 1. The summed E-state index contributed by atoms with van der Waals surface area (Å²) in [5.74, 6) is -1.65. The average molecular weight is 844 g/mol. The van der Waals surface area contributed by atoms with Gasteiger partial charge in [-0.15, -0.1) is 0 Å². The van der Waals surface area contributed by atoms with Gasteiger partial charge in [-0.2, -0.15) is 0 Å². The van der Waals surface area contributed by atoms with Crippen LogP contribution >= 0.6 is 0 Å². The highest BCUT2D eigenvalue weighted by atomic mass is 16.7. The Hall–Kier alpha value is -2.01. The quantitative estimate of drug-likeness (QED) is 0.103. The molecule has 1 aromatic rings. The predicted octanol–water partition coefficient (Wildman–Crippen LogP) is 3.53. The van der Waals surface area contributed by atoms with Crippen LogP contribution in [-0.2, 0) is 32.2 Å². The van der Waals surface area contributed by atoms with Gasteiger partial charge in [-0.1, -0.05) is 70.5 Å². The SMILES string of the molecule is CNCc1ccc(COC2CC3(C)C(CCC4(C)C3C(CCCO)C=C3C5CC(C)(CO)CC(O)C5(C(=O)O)CCC34C)C(C)(CO)C2OC2OCC(O)C(O)C2O)cc1. The van der Waals surface area contributed by atoms with E-state index < -0.39 is 81.9 Å². The molecule has 1 aliphatic heterocycles. The fourth-order valence-corrected chi connectivity index (χ4v) is 14.5. The van der Waals surface area contributed by atoms with E-state index in [0.717, 1.165) is 36.1 Å². The fourth-order valence-electron chi connectivity index (χ4n) is 14.5. The van der Waals surface area contributed by atoms with E-state index in [-0.39, 0.29) is 62.6 Å². The summed E-state index contributed by atoms with van der Waals surface area (Å²) in [6.07, 6.45) is -0.921. The number of aliphatic hydroxyl groups is 7. The standard InChI is InChI=1S/C47H73NO12/c1-42(25-50)19-31-30-18-29(8-7-17-49)38-43(2)20-33(58-23-28-11-9-27(10-12-28)22-48-6)39(60-40-37(55)36(54)32(52)24-59-40)44(3,26-51)34(43)13-14-46(38,5)45(30,4)15-16-47(31,41(56)57)35(53)21-42/h9-12,18,29,31-40,48-55H,7-8,13-17,19-26H2,1-6H3,(H,56,57). The normalized spacial score (nSPS) is 47.6. The van der Waals surface area contributed by atoms with Crippen molar-refractivity contribution in [3.8, 4) is 0 Å². The zero-order valence-electron chi connectivity index (χ0n) is 36.6. The molecular formula is C47H73NO12. The van der Waals surface area contributed by atoms with Crippen LogP contribution in [0, 0.1) is 56.2 Å². The number of benzene rings is 1. The molecule has 0 aromatic heterocycles. The van der Waals surface area contributed by atoms with Crippen LogP contribution in [0.4, 0.5) is 0 Å². The second-order valence-corrected chi connectivity index (χ2v) is 21.1. The lowest BCUT2D eigenvalue weighted by atomic mass is 9.31. The lowest BCUT2D eigenvalue weighted by Crippen LogP contribution is -2.71. The minimum absolute atomic E-state index is 0.00230. The van der Waals surface area contributed by atoms with Crippen molar-refractivity contribution < 1.29 is 59.9 Å². The van der Waals surface area contributed by atoms with E-state index in [9.17, 15) is 45.6 Å². The number of nitrogens with one attached hydrogen (secondary N) is 1. The van der Waals surface area contributed by atoms with Crippen LogP contribution in [0.2, 0.25) is 0 Å². The molecule has 0 radical (unpaired) electrons. The Balaban J connectivity index is 1.33. The maximum absolute atomic E-state index is 13.4. The number of carboxylic acid groups (broad SMARTS) is 1. The van der Waals surface area contributed by atoms with Gasteiger partial charge < -0.3 is 60.4 Å². The summed E-state index contributed by atoms with van der Waals surface area (Å²) in [6, 6.07) is 8.18.